The lowest BCUT2D eigenvalue weighted by molar-refractivity contribution is -0.137. The maximum atomic E-state index is 11.8. The lowest BCUT2D eigenvalue weighted by Crippen LogP contribution is -2.44. The van der Waals surface area contributed by atoms with Gasteiger partial charge in [-0.2, -0.15) is 0 Å². The van der Waals surface area contributed by atoms with Gasteiger partial charge in [0.2, 0.25) is 0 Å². The van der Waals surface area contributed by atoms with Gasteiger partial charge in [-0.25, -0.2) is 4.79 Å². The summed E-state index contributed by atoms with van der Waals surface area (Å²) >= 11 is 0. The largest absolute Gasteiger partial charge is 0.481 e. The Balaban J connectivity index is 2.18. The third-order valence-electron chi connectivity index (χ3n) is 4.57. The van der Waals surface area contributed by atoms with Crippen molar-refractivity contribution in [2.75, 3.05) is 6.54 Å². The number of amides is 2. The van der Waals surface area contributed by atoms with Crippen molar-refractivity contribution < 1.29 is 14.7 Å². The van der Waals surface area contributed by atoms with Crippen molar-refractivity contribution in [2.24, 2.45) is 11.3 Å². The van der Waals surface area contributed by atoms with Gasteiger partial charge >= 0.3 is 12.0 Å². The third-order valence-corrected chi connectivity index (χ3v) is 4.57. The minimum absolute atomic E-state index is 0.0667. The van der Waals surface area contributed by atoms with Gasteiger partial charge in [0, 0.05) is 19.0 Å². The number of carboxylic acids is 1. The molecule has 5 heteroatoms. The fourth-order valence-corrected chi connectivity index (χ4v) is 2.92. The molecule has 3 N–H and O–H groups in total. The van der Waals surface area contributed by atoms with Crippen molar-refractivity contribution in [2.45, 2.75) is 71.8 Å². The van der Waals surface area contributed by atoms with Crippen molar-refractivity contribution in [3.05, 3.63) is 0 Å². The minimum atomic E-state index is -0.765. The zero-order valence-corrected chi connectivity index (χ0v) is 13.6. The molecule has 1 saturated carbocycles. The summed E-state index contributed by atoms with van der Waals surface area (Å²) in [7, 11) is 0. The van der Waals surface area contributed by atoms with Crippen LogP contribution < -0.4 is 10.6 Å². The van der Waals surface area contributed by atoms with Crippen molar-refractivity contribution in [3.8, 4) is 0 Å². The van der Waals surface area contributed by atoms with Gasteiger partial charge in [0.15, 0.2) is 0 Å². The van der Waals surface area contributed by atoms with Crippen LogP contribution in [0.3, 0.4) is 0 Å². The lowest BCUT2D eigenvalue weighted by atomic mass is 9.84. The number of urea groups is 1. The molecular weight excluding hydrogens is 268 g/mol. The molecule has 0 saturated heterocycles. The first-order valence-electron chi connectivity index (χ1n) is 8.06. The van der Waals surface area contributed by atoms with Crippen LogP contribution in [0.15, 0.2) is 0 Å². The lowest BCUT2D eigenvalue weighted by Gasteiger charge is -2.25. The number of aliphatic carboxylic acids is 1. The summed E-state index contributed by atoms with van der Waals surface area (Å²) < 4.78 is 0. The molecule has 1 rings (SSSR count). The van der Waals surface area contributed by atoms with E-state index in [9.17, 15) is 9.59 Å². The van der Waals surface area contributed by atoms with Gasteiger partial charge in [-0.3, -0.25) is 4.79 Å². The second kappa shape index (κ2) is 8.25. The summed E-state index contributed by atoms with van der Waals surface area (Å²) in [5.41, 5.74) is -0.0667. The standard InChI is InChI=1S/C16H30N2O3/c1-12(13-6-4-5-7-13)18-15(21)17-11-10-16(2,3)9-8-14(19)20/h12-13H,4-11H2,1-3H3,(H,19,20)(H2,17,18,21). The Labute approximate surface area is 127 Å². The Hall–Kier alpha value is -1.26. The van der Waals surface area contributed by atoms with E-state index >= 15 is 0 Å². The van der Waals surface area contributed by atoms with E-state index in [1.807, 2.05) is 13.8 Å². The van der Waals surface area contributed by atoms with E-state index in [4.69, 9.17) is 5.11 Å². The maximum absolute atomic E-state index is 11.8. The molecule has 2 amide bonds. The Morgan fingerprint density at radius 2 is 1.86 bits per heavy atom. The zero-order chi connectivity index (χ0) is 15.9. The molecule has 21 heavy (non-hydrogen) atoms. The molecule has 0 aliphatic heterocycles. The molecule has 0 heterocycles. The molecule has 1 atom stereocenters. The molecule has 1 fully saturated rings. The van der Waals surface area contributed by atoms with Gasteiger partial charge in [-0.15, -0.1) is 0 Å². The first-order chi connectivity index (χ1) is 9.80. The predicted molar refractivity (Wildman–Crippen MR) is 83.2 cm³/mol. The van der Waals surface area contributed by atoms with Crippen LogP contribution in [0.2, 0.25) is 0 Å². The van der Waals surface area contributed by atoms with Gasteiger partial charge in [0.05, 0.1) is 0 Å². The van der Waals surface area contributed by atoms with E-state index in [1.54, 1.807) is 0 Å². The third kappa shape index (κ3) is 7.34. The first-order valence-corrected chi connectivity index (χ1v) is 8.06. The number of carboxylic acid groups (broad SMARTS) is 1. The van der Waals surface area contributed by atoms with Crippen LogP contribution in [0.4, 0.5) is 4.79 Å². The summed E-state index contributed by atoms with van der Waals surface area (Å²) in [6.07, 6.45) is 6.56. The van der Waals surface area contributed by atoms with E-state index in [1.165, 1.54) is 25.7 Å². The Kier molecular flexibility index (Phi) is 6.99. The van der Waals surface area contributed by atoms with E-state index in [0.717, 1.165) is 6.42 Å². The van der Waals surface area contributed by atoms with E-state index in [0.29, 0.717) is 18.9 Å². The molecule has 0 spiro atoms. The topological polar surface area (TPSA) is 78.4 Å². The Morgan fingerprint density at radius 3 is 2.43 bits per heavy atom. The highest BCUT2D eigenvalue weighted by Gasteiger charge is 2.23. The molecule has 1 aliphatic rings. The Bertz CT molecular complexity index is 349. The number of rotatable bonds is 8. The summed E-state index contributed by atoms with van der Waals surface area (Å²) in [6, 6.07) is 0.121. The van der Waals surface area contributed by atoms with Gasteiger partial charge in [0.25, 0.3) is 0 Å². The maximum Gasteiger partial charge on any atom is 0.315 e. The van der Waals surface area contributed by atoms with Crippen molar-refractivity contribution in [3.63, 3.8) is 0 Å². The number of hydrogen-bond donors (Lipinski definition) is 3. The van der Waals surface area contributed by atoms with Crippen LogP contribution in [-0.4, -0.2) is 29.7 Å². The Morgan fingerprint density at radius 1 is 1.24 bits per heavy atom. The molecule has 1 aliphatic carbocycles. The molecule has 0 aromatic heterocycles. The smallest absolute Gasteiger partial charge is 0.315 e. The molecule has 0 aromatic carbocycles. The monoisotopic (exact) mass is 298 g/mol. The number of carbonyl (C=O) groups excluding carboxylic acids is 1. The van der Waals surface area contributed by atoms with Crippen LogP contribution in [0.1, 0.15) is 65.7 Å². The zero-order valence-electron chi connectivity index (χ0n) is 13.6. The van der Waals surface area contributed by atoms with Crippen LogP contribution >= 0.6 is 0 Å². The second-order valence-corrected chi connectivity index (χ2v) is 7.04. The predicted octanol–water partition coefficient (Wildman–Crippen LogP) is 3.15. The summed E-state index contributed by atoms with van der Waals surface area (Å²) in [6.45, 7) is 6.73. The van der Waals surface area contributed by atoms with Gasteiger partial charge in [-0.05, 0) is 43.9 Å². The van der Waals surface area contributed by atoms with Crippen LogP contribution in [0.25, 0.3) is 0 Å². The van der Waals surface area contributed by atoms with Crippen LogP contribution in [-0.2, 0) is 4.79 Å². The number of carbonyl (C=O) groups is 2. The first kappa shape index (κ1) is 17.8. The van der Waals surface area contributed by atoms with Crippen molar-refractivity contribution in [1.29, 1.82) is 0 Å². The molecule has 0 aromatic rings. The van der Waals surface area contributed by atoms with Gasteiger partial charge in [-0.1, -0.05) is 26.7 Å². The van der Waals surface area contributed by atoms with E-state index in [-0.39, 0.29) is 23.9 Å². The molecule has 0 radical (unpaired) electrons. The fraction of sp³-hybridized carbons (Fsp3) is 0.875. The van der Waals surface area contributed by atoms with Gasteiger partial charge in [0.1, 0.15) is 0 Å². The second-order valence-electron chi connectivity index (χ2n) is 7.04. The van der Waals surface area contributed by atoms with Crippen molar-refractivity contribution in [1.82, 2.24) is 10.6 Å². The quantitative estimate of drug-likeness (QED) is 0.644. The van der Waals surface area contributed by atoms with Gasteiger partial charge < -0.3 is 15.7 Å². The number of nitrogens with one attached hydrogen (secondary N) is 2. The highest BCUT2D eigenvalue weighted by Crippen LogP contribution is 2.27. The SMILES string of the molecule is CC(NC(=O)NCCC(C)(C)CCC(=O)O)C1CCCC1. The van der Waals surface area contributed by atoms with E-state index in [2.05, 4.69) is 17.6 Å². The summed E-state index contributed by atoms with van der Waals surface area (Å²) in [4.78, 5) is 22.4. The highest BCUT2D eigenvalue weighted by molar-refractivity contribution is 5.74. The number of hydrogen-bond acceptors (Lipinski definition) is 2. The molecule has 122 valence electrons. The van der Waals surface area contributed by atoms with E-state index < -0.39 is 5.97 Å². The summed E-state index contributed by atoms with van der Waals surface area (Å²) in [5, 5.41) is 14.6. The molecular formula is C16H30N2O3. The van der Waals surface area contributed by atoms with Crippen molar-refractivity contribution >= 4 is 12.0 Å². The average molecular weight is 298 g/mol. The summed E-state index contributed by atoms with van der Waals surface area (Å²) in [5.74, 6) is -0.151. The minimum Gasteiger partial charge on any atom is -0.481 e. The molecule has 5 nitrogen and oxygen atoms in total. The molecule has 1 unspecified atom stereocenters. The highest BCUT2D eigenvalue weighted by atomic mass is 16.4. The fourth-order valence-electron chi connectivity index (χ4n) is 2.92. The average Bonchev–Trinajstić information content (AvgIpc) is 2.90. The normalized spacial score (nSPS) is 17.5. The van der Waals surface area contributed by atoms with Crippen LogP contribution in [0.5, 0.6) is 0 Å². The van der Waals surface area contributed by atoms with Crippen LogP contribution in [0, 0.1) is 11.3 Å². The molecule has 0 bridgehead atoms.